The molecule has 0 N–H and O–H groups in total. The molecular weight excluding hydrogens is 576 g/mol. The molecule has 0 unspecified atom stereocenters. The van der Waals surface area contributed by atoms with Crippen LogP contribution < -0.4 is 0 Å². The molecule has 10 aromatic rings. The summed E-state index contributed by atoms with van der Waals surface area (Å²) in [5.74, 6) is 0. The van der Waals surface area contributed by atoms with Crippen LogP contribution in [0.15, 0.2) is 150 Å². The Labute approximate surface area is 268 Å². The summed E-state index contributed by atoms with van der Waals surface area (Å²) in [7, 11) is 0. The maximum absolute atomic E-state index is 9.58. The molecular formula is C42H24N4O. The molecule has 0 spiro atoms. The summed E-state index contributed by atoms with van der Waals surface area (Å²) in [5.41, 5.74) is 11.1. The van der Waals surface area contributed by atoms with Crippen molar-refractivity contribution in [3.8, 4) is 28.6 Å². The number of rotatable bonds is 3. The molecule has 0 aliphatic rings. The van der Waals surface area contributed by atoms with Crippen molar-refractivity contribution in [2.75, 3.05) is 0 Å². The molecule has 0 saturated heterocycles. The molecule has 5 heteroatoms. The van der Waals surface area contributed by atoms with Gasteiger partial charge >= 0.3 is 0 Å². The van der Waals surface area contributed by atoms with Gasteiger partial charge in [0.1, 0.15) is 11.2 Å². The fourth-order valence-corrected chi connectivity index (χ4v) is 7.33. The van der Waals surface area contributed by atoms with Crippen molar-refractivity contribution in [2.24, 2.45) is 0 Å². The summed E-state index contributed by atoms with van der Waals surface area (Å²) in [5, 5.41) is 16.3. The monoisotopic (exact) mass is 600 g/mol. The van der Waals surface area contributed by atoms with Gasteiger partial charge in [0.15, 0.2) is 0 Å². The normalized spacial score (nSPS) is 11.8. The number of aromatic nitrogens is 3. The van der Waals surface area contributed by atoms with Crippen molar-refractivity contribution in [1.82, 2.24) is 14.1 Å². The van der Waals surface area contributed by atoms with Gasteiger partial charge in [-0.05, 0) is 83.9 Å². The lowest BCUT2D eigenvalue weighted by molar-refractivity contribution is 0.669. The van der Waals surface area contributed by atoms with E-state index in [2.05, 4.69) is 129 Å². The van der Waals surface area contributed by atoms with Crippen LogP contribution in [0.1, 0.15) is 5.56 Å². The number of hydrogen-bond acceptors (Lipinski definition) is 3. The zero-order valence-electron chi connectivity index (χ0n) is 25.1. The fraction of sp³-hybridized carbons (Fsp3) is 0. The molecule has 0 fully saturated rings. The molecule has 47 heavy (non-hydrogen) atoms. The highest BCUT2D eigenvalue weighted by Crippen LogP contribution is 2.39. The van der Waals surface area contributed by atoms with Crippen molar-refractivity contribution in [1.29, 1.82) is 5.26 Å². The molecule has 0 amide bonds. The van der Waals surface area contributed by atoms with Crippen LogP contribution in [0.4, 0.5) is 0 Å². The lowest BCUT2D eigenvalue weighted by Gasteiger charge is -2.12. The number of nitriles is 1. The minimum absolute atomic E-state index is 0.660. The second-order valence-corrected chi connectivity index (χ2v) is 12.0. The summed E-state index contributed by atoms with van der Waals surface area (Å²) in [4.78, 5) is 4.52. The van der Waals surface area contributed by atoms with Gasteiger partial charge in [0.2, 0.25) is 0 Å². The molecule has 4 heterocycles. The summed E-state index contributed by atoms with van der Waals surface area (Å²) >= 11 is 0. The third-order valence-corrected chi connectivity index (χ3v) is 9.41. The summed E-state index contributed by atoms with van der Waals surface area (Å²) < 4.78 is 10.9. The fourth-order valence-electron chi connectivity index (χ4n) is 7.33. The average Bonchev–Trinajstić information content (AvgIpc) is 3.77. The predicted molar refractivity (Wildman–Crippen MR) is 190 cm³/mol. The van der Waals surface area contributed by atoms with Gasteiger partial charge in [-0.1, -0.05) is 60.7 Å². The first-order valence-corrected chi connectivity index (χ1v) is 15.6. The van der Waals surface area contributed by atoms with Gasteiger partial charge < -0.3 is 13.6 Å². The molecule has 0 radical (unpaired) electrons. The van der Waals surface area contributed by atoms with Gasteiger partial charge in [-0.15, -0.1) is 0 Å². The van der Waals surface area contributed by atoms with Crippen molar-refractivity contribution in [3.63, 3.8) is 0 Å². The van der Waals surface area contributed by atoms with Crippen molar-refractivity contribution in [2.45, 2.75) is 0 Å². The van der Waals surface area contributed by atoms with E-state index in [-0.39, 0.29) is 0 Å². The molecule has 0 atom stereocenters. The van der Waals surface area contributed by atoms with Gasteiger partial charge in [0.05, 0.1) is 39.9 Å². The Bertz CT molecular complexity index is 2930. The Morgan fingerprint density at radius 2 is 1.17 bits per heavy atom. The van der Waals surface area contributed by atoms with Crippen molar-refractivity contribution < 1.29 is 4.42 Å². The van der Waals surface area contributed by atoms with Crippen LogP contribution in [0.25, 0.3) is 88.1 Å². The number of fused-ring (bicyclic) bond motifs is 9. The zero-order chi connectivity index (χ0) is 31.1. The van der Waals surface area contributed by atoms with E-state index in [1.54, 1.807) is 0 Å². The maximum atomic E-state index is 9.58. The second-order valence-electron chi connectivity index (χ2n) is 12.0. The van der Waals surface area contributed by atoms with Crippen LogP contribution in [0, 0.1) is 11.3 Å². The highest BCUT2D eigenvalue weighted by Gasteiger charge is 2.18. The molecule has 0 aliphatic carbocycles. The maximum Gasteiger partial charge on any atom is 0.136 e. The first kappa shape index (κ1) is 25.7. The number of hydrogen-bond donors (Lipinski definition) is 0. The van der Waals surface area contributed by atoms with Gasteiger partial charge in [-0.2, -0.15) is 5.26 Å². The average molecular weight is 601 g/mol. The van der Waals surface area contributed by atoms with E-state index in [4.69, 9.17) is 4.42 Å². The van der Waals surface area contributed by atoms with Gasteiger partial charge in [0.25, 0.3) is 0 Å². The quantitative estimate of drug-likeness (QED) is 0.203. The minimum Gasteiger partial charge on any atom is -0.456 e. The molecule has 0 saturated carbocycles. The van der Waals surface area contributed by atoms with E-state index in [1.165, 1.54) is 0 Å². The Kier molecular flexibility index (Phi) is 5.28. The van der Waals surface area contributed by atoms with E-state index in [9.17, 15) is 5.26 Å². The SMILES string of the molecule is N#Cc1ccc2c(c1)c1ccccc1n2-c1cccc(-c2cccc(-n3c4cnccc4c4cc5oc6ccccc6c5cc43)c2)c1. The lowest BCUT2D eigenvalue weighted by Crippen LogP contribution is -1.96. The highest BCUT2D eigenvalue weighted by atomic mass is 16.3. The Hall–Kier alpha value is -6.64. The first-order chi connectivity index (χ1) is 23.2. The molecule has 218 valence electrons. The number of benzene rings is 6. The Balaban J connectivity index is 1.17. The van der Waals surface area contributed by atoms with Crippen molar-refractivity contribution in [3.05, 3.63) is 151 Å². The van der Waals surface area contributed by atoms with Gasteiger partial charge in [-0.25, -0.2) is 0 Å². The number of nitrogens with zero attached hydrogens (tertiary/aromatic N) is 4. The zero-order valence-corrected chi connectivity index (χ0v) is 25.1. The first-order valence-electron chi connectivity index (χ1n) is 15.6. The summed E-state index contributed by atoms with van der Waals surface area (Å²) in [6, 6.07) is 48.7. The second kappa shape index (κ2) is 9.68. The van der Waals surface area contributed by atoms with Crippen LogP contribution in [-0.2, 0) is 0 Å². The minimum atomic E-state index is 0.660. The number of furan rings is 1. The van der Waals surface area contributed by atoms with Crippen LogP contribution in [0.2, 0.25) is 0 Å². The smallest absolute Gasteiger partial charge is 0.136 e. The summed E-state index contributed by atoms with van der Waals surface area (Å²) in [6.45, 7) is 0. The Morgan fingerprint density at radius 1 is 0.489 bits per heavy atom. The molecule has 0 aliphatic heterocycles. The van der Waals surface area contributed by atoms with Gasteiger partial charge in [-0.3, -0.25) is 4.98 Å². The highest BCUT2D eigenvalue weighted by molar-refractivity contribution is 6.17. The summed E-state index contributed by atoms with van der Waals surface area (Å²) in [6.07, 6.45) is 3.80. The molecule has 0 bridgehead atoms. The van der Waals surface area contributed by atoms with E-state index in [0.717, 1.165) is 88.1 Å². The number of para-hydroxylation sites is 2. The van der Waals surface area contributed by atoms with E-state index >= 15 is 0 Å². The van der Waals surface area contributed by atoms with Crippen LogP contribution in [0.3, 0.4) is 0 Å². The Morgan fingerprint density at radius 3 is 1.98 bits per heavy atom. The largest absolute Gasteiger partial charge is 0.456 e. The number of pyridine rings is 1. The third-order valence-electron chi connectivity index (χ3n) is 9.41. The van der Waals surface area contributed by atoms with Crippen LogP contribution >= 0.6 is 0 Å². The van der Waals surface area contributed by atoms with Crippen molar-refractivity contribution >= 4 is 65.6 Å². The molecule has 4 aromatic heterocycles. The predicted octanol–water partition coefficient (Wildman–Crippen LogP) is 10.7. The van der Waals surface area contributed by atoms with Gasteiger partial charge in [0, 0.05) is 49.9 Å². The standard InChI is InChI=1S/C42H24N4O/c43-24-26-15-16-38-34(19-26)31-11-1-3-13-37(31)45(38)29-9-5-7-27(20-29)28-8-6-10-30(21-28)46-39-22-36-33-12-2-4-14-41(33)47-42(36)23-35(39)32-17-18-44-25-40(32)46/h1-23,25H. The molecule has 5 nitrogen and oxygen atoms in total. The van der Waals surface area contributed by atoms with Crippen LogP contribution in [-0.4, -0.2) is 14.1 Å². The van der Waals surface area contributed by atoms with E-state index in [1.807, 2.05) is 36.7 Å². The topological polar surface area (TPSA) is 59.7 Å². The lowest BCUT2D eigenvalue weighted by atomic mass is 10.0. The van der Waals surface area contributed by atoms with Crippen LogP contribution in [0.5, 0.6) is 0 Å². The third kappa shape index (κ3) is 3.73. The van der Waals surface area contributed by atoms with E-state index in [0.29, 0.717) is 5.56 Å². The van der Waals surface area contributed by atoms with E-state index < -0.39 is 0 Å². The molecule has 10 rings (SSSR count). The molecule has 6 aromatic carbocycles.